The van der Waals surface area contributed by atoms with E-state index in [-0.39, 0.29) is 17.2 Å². The summed E-state index contributed by atoms with van der Waals surface area (Å²) >= 11 is 0.965. The molecule has 9 heteroatoms. The number of thioether (sulfide) groups is 1. The van der Waals surface area contributed by atoms with Crippen molar-refractivity contribution in [3.63, 3.8) is 0 Å². The zero-order chi connectivity index (χ0) is 16.1. The topological polar surface area (TPSA) is 91.1 Å². The van der Waals surface area contributed by atoms with Crippen LogP contribution in [0.5, 0.6) is 0 Å². The number of rotatable bonds is 5. The van der Waals surface area contributed by atoms with Crippen molar-refractivity contribution in [1.29, 1.82) is 0 Å². The van der Waals surface area contributed by atoms with E-state index in [2.05, 4.69) is 15.5 Å². The molecule has 2 N–H and O–H groups in total. The highest BCUT2D eigenvalue weighted by atomic mass is 32.2. The Morgan fingerprint density at radius 3 is 2.95 bits per heavy atom. The molecule has 1 amide bonds. The van der Waals surface area contributed by atoms with Crippen molar-refractivity contribution in [2.45, 2.75) is 18.1 Å². The number of carbonyl (C=O) groups is 2. The number of carboxylic acid groups (broad SMARTS) is 1. The first-order valence-corrected chi connectivity index (χ1v) is 7.02. The maximum atomic E-state index is 12.5. The Labute approximate surface area is 128 Å². The highest BCUT2D eigenvalue weighted by Gasteiger charge is 2.32. The minimum Gasteiger partial charge on any atom is -0.481 e. The number of nitrogens with zero attached hydrogens (tertiary/aromatic N) is 2. The summed E-state index contributed by atoms with van der Waals surface area (Å²) in [7, 11) is 0. The molecule has 2 rings (SSSR count). The first-order chi connectivity index (χ1) is 10.5. The molecule has 0 spiro atoms. The third-order valence-corrected chi connectivity index (χ3v) is 3.73. The van der Waals surface area contributed by atoms with E-state index in [1.165, 1.54) is 24.4 Å². The van der Waals surface area contributed by atoms with Gasteiger partial charge in [-0.2, -0.15) is 5.10 Å². The van der Waals surface area contributed by atoms with Crippen molar-refractivity contribution in [3.05, 3.63) is 35.4 Å². The van der Waals surface area contributed by atoms with Crippen molar-refractivity contribution in [1.82, 2.24) is 5.32 Å². The summed E-state index contributed by atoms with van der Waals surface area (Å²) in [6.07, 6.45) is -1.60. The Morgan fingerprint density at radius 1 is 1.50 bits per heavy atom. The smallest absolute Gasteiger partial charge is 0.305 e. The Bertz CT molecular complexity index is 649. The molecule has 0 bridgehead atoms. The summed E-state index contributed by atoms with van der Waals surface area (Å²) in [5.41, 5.74) is 0.320. The van der Waals surface area contributed by atoms with Crippen molar-refractivity contribution in [3.8, 4) is 0 Å². The minimum atomic E-state index is -2.57. The second-order valence-corrected chi connectivity index (χ2v) is 5.51. The van der Waals surface area contributed by atoms with Crippen molar-refractivity contribution >= 4 is 35.0 Å². The lowest BCUT2D eigenvalue weighted by atomic mass is 10.1. The van der Waals surface area contributed by atoms with Gasteiger partial charge in [0.05, 0.1) is 12.6 Å². The lowest BCUT2D eigenvalue weighted by Gasteiger charge is -1.99. The second-order valence-electron chi connectivity index (χ2n) is 4.31. The third kappa shape index (κ3) is 4.35. The largest absolute Gasteiger partial charge is 0.481 e. The fourth-order valence-corrected chi connectivity index (χ4v) is 2.58. The maximum Gasteiger partial charge on any atom is 0.305 e. The van der Waals surface area contributed by atoms with Crippen molar-refractivity contribution < 1.29 is 23.5 Å². The summed E-state index contributed by atoms with van der Waals surface area (Å²) < 4.78 is 25.1. The standard InChI is InChI=1S/C13H11F2N3O3S/c14-11(15)8-3-1-2-7(4-8)6-16-18-13-17-12(21)9(22-13)5-10(19)20/h1-4,6,9,11H,5H2,(H,19,20)(H,17,18,21). The summed E-state index contributed by atoms with van der Waals surface area (Å²) in [6.45, 7) is 0. The van der Waals surface area contributed by atoms with Crippen LogP contribution in [-0.2, 0) is 9.59 Å². The van der Waals surface area contributed by atoms with Gasteiger partial charge in [-0.3, -0.25) is 9.59 Å². The summed E-state index contributed by atoms with van der Waals surface area (Å²) in [5.74, 6) is -1.53. The molecular weight excluding hydrogens is 316 g/mol. The van der Waals surface area contributed by atoms with E-state index in [1.54, 1.807) is 6.07 Å². The van der Waals surface area contributed by atoms with Gasteiger partial charge in [-0.05, 0) is 11.6 Å². The number of amidine groups is 1. The molecule has 22 heavy (non-hydrogen) atoms. The van der Waals surface area contributed by atoms with Crippen LogP contribution in [0.25, 0.3) is 0 Å². The average molecular weight is 327 g/mol. The van der Waals surface area contributed by atoms with E-state index < -0.39 is 23.6 Å². The summed E-state index contributed by atoms with van der Waals surface area (Å²) in [5, 5.41) is 17.9. The third-order valence-electron chi connectivity index (χ3n) is 2.65. The average Bonchev–Trinajstić information content (AvgIpc) is 2.78. The molecule has 1 aliphatic heterocycles. The van der Waals surface area contributed by atoms with Crippen LogP contribution < -0.4 is 5.32 Å². The van der Waals surface area contributed by atoms with Gasteiger partial charge in [0, 0.05) is 5.56 Å². The van der Waals surface area contributed by atoms with Crippen LogP contribution in [0.4, 0.5) is 8.78 Å². The van der Waals surface area contributed by atoms with Gasteiger partial charge in [-0.15, -0.1) is 5.10 Å². The molecule has 1 fully saturated rings. The van der Waals surface area contributed by atoms with Gasteiger partial charge in [0.1, 0.15) is 5.25 Å². The van der Waals surface area contributed by atoms with Crippen molar-refractivity contribution in [2.75, 3.05) is 0 Å². The normalized spacial score (nSPS) is 20.0. The second kappa shape index (κ2) is 7.12. The van der Waals surface area contributed by atoms with Crippen LogP contribution in [0.15, 0.2) is 34.5 Å². The highest BCUT2D eigenvalue weighted by molar-refractivity contribution is 8.15. The molecular formula is C13H11F2N3O3S. The predicted molar refractivity (Wildman–Crippen MR) is 78.2 cm³/mol. The van der Waals surface area contributed by atoms with Crippen LogP contribution in [0.1, 0.15) is 24.0 Å². The van der Waals surface area contributed by atoms with Gasteiger partial charge in [0.2, 0.25) is 5.91 Å². The zero-order valence-electron chi connectivity index (χ0n) is 11.1. The van der Waals surface area contributed by atoms with Crippen LogP contribution in [0.3, 0.4) is 0 Å². The highest BCUT2D eigenvalue weighted by Crippen LogP contribution is 2.22. The molecule has 0 saturated carbocycles. The van der Waals surface area contributed by atoms with E-state index in [4.69, 9.17) is 5.11 Å². The molecule has 1 aromatic carbocycles. The SMILES string of the molecule is O=C(O)CC1SC(=NN=Cc2cccc(C(F)F)c2)NC1=O. The number of hydrogen-bond donors (Lipinski definition) is 2. The number of amides is 1. The fraction of sp³-hybridized carbons (Fsp3) is 0.231. The Balaban J connectivity index is 2.01. The van der Waals surface area contributed by atoms with Crippen LogP contribution in [0.2, 0.25) is 0 Å². The Kier molecular flexibility index (Phi) is 5.21. The van der Waals surface area contributed by atoms with Gasteiger partial charge in [0.15, 0.2) is 5.17 Å². The molecule has 116 valence electrons. The Hall–Kier alpha value is -2.29. The molecule has 6 nitrogen and oxygen atoms in total. The molecule has 1 unspecified atom stereocenters. The lowest BCUT2D eigenvalue weighted by molar-refractivity contribution is -0.138. The first kappa shape index (κ1) is 16.1. The first-order valence-electron chi connectivity index (χ1n) is 6.14. The fourth-order valence-electron chi connectivity index (χ4n) is 1.67. The molecule has 1 heterocycles. The molecule has 1 aromatic rings. The summed E-state index contributed by atoms with van der Waals surface area (Å²) in [6, 6.07) is 5.65. The van der Waals surface area contributed by atoms with E-state index in [9.17, 15) is 18.4 Å². The van der Waals surface area contributed by atoms with Crippen LogP contribution in [-0.4, -0.2) is 33.6 Å². The van der Waals surface area contributed by atoms with E-state index in [1.807, 2.05) is 0 Å². The number of carboxylic acids is 1. The Morgan fingerprint density at radius 2 is 2.27 bits per heavy atom. The van der Waals surface area contributed by atoms with E-state index >= 15 is 0 Å². The molecule has 1 aliphatic rings. The predicted octanol–water partition coefficient (Wildman–Crippen LogP) is 2.02. The van der Waals surface area contributed by atoms with Crippen LogP contribution in [0, 0.1) is 0 Å². The van der Waals surface area contributed by atoms with Crippen LogP contribution >= 0.6 is 11.8 Å². The monoisotopic (exact) mass is 327 g/mol. The van der Waals surface area contributed by atoms with Gasteiger partial charge in [-0.1, -0.05) is 30.0 Å². The van der Waals surface area contributed by atoms with Crippen molar-refractivity contribution in [2.24, 2.45) is 10.2 Å². The number of halogens is 2. The maximum absolute atomic E-state index is 12.5. The van der Waals surface area contributed by atoms with Gasteiger partial charge in [-0.25, -0.2) is 8.78 Å². The number of aliphatic carboxylic acids is 1. The minimum absolute atomic E-state index is 0.123. The molecule has 0 aliphatic carbocycles. The molecule has 1 saturated heterocycles. The molecule has 0 aromatic heterocycles. The number of benzene rings is 1. The zero-order valence-corrected chi connectivity index (χ0v) is 11.9. The van der Waals surface area contributed by atoms with Gasteiger partial charge < -0.3 is 10.4 Å². The number of nitrogens with one attached hydrogen (secondary N) is 1. The number of alkyl halides is 2. The quantitative estimate of drug-likeness (QED) is 0.639. The van der Waals surface area contributed by atoms with E-state index in [0.29, 0.717) is 5.56 Å². The van der Waals surface area contributed by atoms with E-state index in [0.717, 1.165) is 11.8 Å². The molecule has 1 atom stereocenters. The van der Waals surface area contributed by atoms with Gasteiger partial charge >= 0.3 is 5.97 Å². The summed E-state index contributed by atoms with van der Waals surface area (Å²) in [4.78, 5) is 22.0. The van der Waals surface area contributed by atoms with Gasteiger partial charge in [0.25, 0.3) is 6.43 Å². The molecule has 0 radical (unpaired) electrons. The number of hydrogen-bond acceptors (Lipinski definition) is 5. The number of carbonyl (C=O) groups excluding carboxylic acids is 1. The lowest BCUT2D eigenvalue weighted by Crippen LogP contribution is -2.26.